The fourth-order valence-electron chi connectivity index (χ4n) is 2.81. The molecule has 2 aromatic rings. The topological polar surface area (TPSA) is 71.0 Å². The molecule has 3 rings (SSSR count). The first-order valence-corrected chi connectivity index (χ1v) is 9.20. The second kappa shape index (κ2) is 7.81. The van der Waals surface area contributed by atoms with Gasteiger partial charge in [-0.05, 0) is 44.8 Å². The quantitative estimate of drug-likeness (QED) is 0.901. The van der Waals surface area contributed by atoms with Gasteiger partial charge in [0.15, 0.2) is 10.8 Å². The summed E-state index contributed by atoms with van der Waals surface area (Å²) in [6, 6.07) is 1.76. The molecule has 1 aliphatic rings. The molecule has 0 unspecified atom stereocenters. The number of amides is 1. The molecule has 0 atom stereocenters. The van der Waals surface area contributed by atoms with E-state index in [1.165, 1.54) is 24.2 Å². The van der Waals surface area contributed by atoms with Crippen molar-refractivity contribution in [3.63, 3.8) is 0 Å². The molecule has 3 heterocycles. The molecule has 1 aliphatic heterocycles. The Labute approximate surface area is 146 Å². The summed E-state index contributed by atoms with van der Waals surface area (Å²) in [5.41, 5.74) is 0.728. The van der Waals surface area contributed by atoms with Gasteiger partial charge in [0.1, 0.15) is 4.88 Å². The van der Waals surface area contributed by atoms with Crippen molar-refractivity contribution >= 4 is 17.2 Å². The molecule has 0 radical (unpaired) electrons. The highest BCUT2D eigenvalue weighted by Crippen LogP contribution is 2.25. The van der Waals surface area contributed by atoms with Crippen molar-refractivity contribution in [2.45, 2.75) is 26.7 Å². The van der Waals surface area contributed by atoms with E-state index in [-0.39, 0.29) is 5.91 Å². The van der Waals surface area contributed by atoms with Crippen LogP contribution < -0.4 is 5.32 Å². The number of hydrogen-bond acceptors (Lipinski definition) is 6. The molecule has 7 heteroatoms. The second-order valence-electron chi connectivity index (χ2n) is 6.29. The number of hydrogen-bond donors (Lipinski definition) is 1. The number of aryl methyl sites for hydroxylation is 1. The van der Waals surface area contributed by atoms with Crippen molar-refractivity contribution in [3.8, 4) is 10.8 Å². The Bertz CT molecular complexity index is 680. The van der Waals surface area contributed by atoms with Gasteiger partial charge in [-0.15, -0.1) is 11.3 Å². The van der Waals surface area contributed by atoms with Crippen molar-refractivity contribution in [3.05, 3.63) is 29.0 Å². The average molecular weight is 345 g/mol. The van der Waals surface area contributed by atoms with Crippen molar-refractivity contribution in [1.29, 1.82) is 0 Å². The van der Waals surface area contributed by atoms with Crippen molar-refractivity contribution in [2.24, 2.45) is 5.92 Å². The van der Waals surface area contributed by atoms with E-state index in [4.69, 9.17) is 0 Å². The van der Waals surface area contributed by atoms with Crippen LogP contribution in [0.3, 0.4) is 0 Å². The number of aromatic nitrogens is 3. The Kier molecular flexibility index (Phi) is 5.52. The fourth-order valence-corrected chi connectivity index (χ4v) is 3.74. The van der Waals surface area contributed by atoms with Gasteiger partial charge in [-0.3, -0.25) is 4.79 Å². The molecule has 1 N–H and O–H groups in total. The van der Waals surface area contributed by atoms with Crippen LogP contribution in [0.4, 0.5) is 0 Å². The van der Waals surface area contributed by atoms with Gasteiger partial charge in [-0.2, -0.15) is 0 Å². The van der Waals surface area contributed by atoms with E-state index >= 15 is 0 Å². The maximum atomic E-state index is 12.4. The number of carbonyl (C=O) groups excluding carboxylic acids is 1. The zero-order valence-electron chi connectivity index (χ0n) is 14.2. The molecule has 1 amide bonds. The monoisotopic (exact) mass is 345 g/mol. The lowest BCUT2D eigenvalue weighted by Crippen LogP contribution is -2.39. The number of carbonyl (C=O) groups is 1. The smallest absolute Gasteiger partial charge is 0.263 e. The Morgan fingerprint density at radius 1 is 1.33 bits per heavy atom. The minimum Gasteiger partial charge on any atom is -0.350 e. The van der Waals surface area contributed by atoms with Crippen LogP contribution in [0.1, 0.15) is 35.1 Å². The lowest BCUT2D eigenvalue weighted by Gasteiger charge is -2.30. The van der Waals surface area contributed by atoms with Crippen LogP contribution in [-0.2, 0) is 0 Å². The number of likely N-dealkylation sites (tertiary alicyclic amines) is 1. The van der Waals surface area contributed by atoms with Crippen molar-refractivity contribution in [2.75, 3.05) is 26.2 Å². The lowest BCUT2D eigenvalue weighted by molar-refractivity contribution is 0.0947. The molecule has 0 saturated carbocycles. The number of nitrogens with zero attached hydrogens (tertiary/aromatic N) is 4. The van der Waals surface area contributed by atoms with Gasteiger partial charge in [0.05, 0.1) is 5.69 Å². The van der Waals surface area contributed by atoms with E-state index in [1.54, 1.807) is 18.5 Å². The number of nitrogens with one attached hydrogen (secondary N) is 1. The number of thiazole rings is 1. The summed E-state index contributed by atoms with van der Waals surface area (Å²) < 4.78 is 0. The molecule has 6 nitrogen and oxygen atoms in total. The Morgan fingerprint density at radius 2 is 2.04 bits per heavy atom. The highest BCUT2D eigenvalue weighted by Gasteiger charge is 2.18. The molecule has 24 heavy (non-hydrogen) atoms. The van der Waals surface area contributed by atoms with Gasteiger partial charge in [-0.1, -0.05) is 6.92 Å². The molecule has 1 saturated heterocycles. The van der Waals surface area contributed by atoms with E-state index in [9.17, 15) is 4.79 Å². The first-order valence-electron chi connectivity index (χ1n) is 8.39. The zero-order chi connectivity index (χ0) is 16.9. The second-order valence-corrected chi connectivity index (χ2v) is 7.29. The summed E-state index contributed by atoms with van der Waals surface area (Å²) in [4.78, 5) is 28.3. The molecule has 2 aromatic heterocycles. The molecule has 1 fully saturated rings. The van der Waals surface area contributed by atoms with Crippen molar-refractivity contribution in [1.82, 2.24) is 25.2 Å². The third-order valence-electron chi connectivity index (χ3n) is 4.35. The summed E-state index contributed by atoms with van der Waals surface area (Å²) in [6.07, 6.45) is 5.86. The van der Waals surface area contributed by atoms with Crippen molar-refractivity contribution < 1.29 is 4.79 Å². The fraction of sp³-hybridized carbons (Fsp3) is 0.529. The highest BCUT2D eigenvalue weighted by atomic mass is 32.1. The predicted octanol–water partition coefficient (Wildman–Crippen LogP) is 2.37. The van der Waals surface area contributed by atoms with Gasteiger partial charge in [0.2, 0.25) is 0 Å². The first kappa shape index (κ1) is 17.0. The van der Waals surface area contributed by atoms with E-state index in [0.29, 0.717) is 22.3 Å². The van der Waals surface area contributed by atoms with Gasteiger partial charge >= 0.3 is 0 Å². The SMILES string of the molecule is Cc1nc(-c2ncccn2)sc1C(=O)NCCN1CCC(C)CC1. The normalized spacial score (nSPS) is 16.2. The largest absolute Gasteiger partial charge is 0.350 e. The third-order valence-corrected chi connectivity index (χ3v) is 5.50. The first-order chi connectivity index (χ1) is 11.6. The van der Waals surface area contributed by atoms with E-state index in [0.717, 1.165) is 31.2 Å². The van der Waals surface area contributed by atoms with Gasteiger partial charge < -0.3 is 10.2 Å². The average Bonchev–Trinajstić information content (AvgIpc) is 2.99. The Balaban J connectivity index is 1.55. The molecular weight excluding hydrogens is 322 g/mol. The zero-order valence-corrected chi connectivity index (χ0v) is 15.0. The van der Waals surface area contributed by atoms with E-state index in [2.05, 4.69) is 32.1 Å². The van der Waals surface area contributed by atoms with Gasteiger partial charge in [0.25, 0.3) is 5.91 Å². The van der Waals surface area contributed by atoms with Crippen LogP contribution in [0.2, 0.25) is 0 Å². The van der Waals surface area contributed by atoms with Crippen LogP contribution in [0.15, 0.2) is 18.5 Å². The van der Waals surface area contributed by atoms with Crippen LogP contribution in [0.25, 0.3) is 10.8 Å². The summed E-state index contributed by atoms with van der Waals surface area (Å²) in [6.45, 7) is 7.99. The standard InChI is InChI=1S/C17H23N5OS/c1-12-4-9-22(10-5-12)11-8-20-16(23)14-13(2)21-17(24-14)15-18-6-3-7-19-15/h3,6-7,12H,4-5,8-11H2,1-2H3,(H,20,23). The maximum Gasteiger partial charge on any atom is 0.263 e. The molecule has 0 aliphatic carbocycles. The van der Waals surface area contributed by atoms with Crippen LogP contribution in [-0.4, -0.2) is 51.9 Å². The molecule has 0 spiro atoms. The van der Waals surface area contributed by atoms with E-state index in [1.807, 2.05) is 6.92 Å². The third kappa shape index (κ3) is 4.15. The minimum absolute atomic E-state index is 0.0578. The predicted molar refractivity (Wildman–Crippen MR) is 95.0 cm³/mol. The van der Waals surface area contributed by atoms with Gasteiger partial charge in [0, 0.05) is 25.5 Å². The Hall–Kier alpha value is -1.86. The van der Waals surface area contributed by atoms with Crippen LogP contribution in [0.5, 0.6) is 0 Å². The summed E-state index contributed by atoms with van der Waals surface area (Å²) in [7, 11) is 0. The van der Waals surface area contributed by atoms with E-state index < -0.39 is 0 Å². The molecular formula is C17H23N5OS. The summed E-state index contributed by atoms with van der Waals surface area (Å²) in [5, 5.41) is 3.70. The molecule has 128 valence electrons. The highest BCUT2D eigenvalue weighted by molar-refractivity contribution is 7.17. The summed E-state index contributed by atoms with van der Waals surface area (Å²) >= 11 is 1.35. The number of rotatable bonds is 5. The molecule has 0 bridgehead atoms. The number of piperidine rings is 1. The maximum absolute atomic E-state index is 12.4. The van der Waals surface area contributed by atoms with Gasteiger partial charge in [-0.25, -0.2) is 15.0 Å². The van der Waals surface area contributed by atoms with Crippen LogP contribution in [0, 0.1) is 12.8 Å². The summed E-state index contributed by atoms with van der Waals surface area (Å²) in [5.74, 6) is 1.33. The van der Waals surface area contributed by atoms with Crippen LogP contribution >= 0.6 is 11.3 Å². The molecule has 0 aromatic carbocycles. The minimum atomic E-state index is -0.0578. The Morgan fingerprint density at radius 3 is 2.75 bits per heavy atom. The lowest BCUT2D eigenvalue weighted by atomic mass is 9.99.